The highest BCUT2D eigenvalue weighted by Gasteiger charge is 2.71. The van der Waals surface area contributed by atoms with Crippen LogP contribution in [0.5, 0.6) is 0 Å². The quantitative estimate of drug-likeness (QED) is 0.182. The second-order valence-corrected chi connectivity index (χ2v) is 17.3. The molecule has 5 aliphatic rings. The van der Waals surface area contributed by atoms with Gasteiger partial charge in [-0.05, 0) is 124 Å². The van der Waals surface area contributed by atoms with Crippen LogP contribution in [0.1, 0.15) is 113 Å². The maximum Gasteiger partial charge on any atom is 0.186 e. The normalized spacial score (nSPS) is 51.5. The molecule has 0 radical (unpaired) electrons. The first-order chi connectivity index (χ1) is 20.3. The Morgan fingerprint density at radius 1 is 0.886 bits per heavy atom. The Hall–Kier alpha value is -0.580. The largest absolute Gasteiger partial charge is 0.394 e. The molecular formula is C36H62O8. The molecule has 8 heteroatoms. The van der Waals surface area contributed by atoms with Crippen LogP contribution in [0.2, 0.25) is 0 Å². The van der Waals surface area contributed by atoms with E-state index >= 15 is 0 Å². The SMILES string of the molecule is CC(C)=CCC[C@](C)(O)[C@H]1CC[C@]2(C)[C@@H]1[C@H](O)C[C@@H]1[C@@]3(C)CC[C@@H](O[C@H]4O[C@H](CO)[C@@H](O)[C@H](O)[C@H]4O)C(C)(C)[C@H]3CC[C@]12C. The van der Waals surface area contributed by atoms with Crippen LogP contribution in [0.3, 0.4) is 0 Å². The van der Waals surface area contributed by atoms with Gasteiger partial charge < -0.3 is 40.1 Å². The molecule has 0 aromatic heterocycles. The predicted molar refractivity (Wildman–Crippen MR) is 168 cm³/mol. The fourth-order valence-corrected chi connectivity index (χ4v) is 11.9. The number of aliphatic hydroxyl groups excluding tert-OH is 5. The molecule has 8 nitrogen and oxygen atoms in total. The molecule has 4 aliphatic carbocycles. The van der Waals surface area contributed by atoms with Gasteiger partial charge in [0, 0.05) is 0 Å². The summed E-state index contributed by atoms with van der Waals surface area (Å²) in [6.07, 6.45) is 3.15. The van der Waals surface area contributed by atoms with Crippen LogP contribution < -0.4 is 0 Å². The second-order valence-electron chi connectivity index (χ2n) is 17.3. The Kier molecular flexibility index (Phi) is 9.35. The van der Waals surface area contributed by atoms with Crippen molar-refractivity contribution in [1.29, 1.82) is 0 Å². The summed E-state index contributed by atoms with van der Waals surface area (Å²) < 4.78 is 12.2. The Bertz CT molecular complexity index is 1070. The van der Waals surface area contributed by atoms with Gasteiger partial charge in [-0.15, -0.1) is 0 Å². The summed E-state index contributed by atoms with van der Waals surface area (Å²) in [6, 6.07) is 0. The number of ether oxygens (including phenoxy) is 2. The minimum atomic E-state index is -1.46. The summed E-state index contributed by atoms with van der Waals surface area (Å²) in [7, 11) is 0. The van der Waals surface area contributed by atoms with E-state index in [4.69, 9.17) is 9.47 Å². The minimum absolute atomic E-state index is 0.0231. The third-order valence-corrected chi connectivity index (χ3v) is 14.5. The van der Waals surface area contributed by atoms with Gasteiger partial charge in [-0.2, -0.15) is 0 Å². The molecule has 0 aromatic rings. The topological polar surface area (TPSA) is 140 Å². The lowest BCUT2D eigenvalue weighted by Crippen LogP contribution is -2.67. The first-order valence-electron chi connectivity index (χ1n) is 17.3. The van der Waals surface area contributed by atoms with Gasteiger partial charge in [-0.1, -0.05) is 46.3 Å². The smallest absolute Gasteiger partial charge is 0.186 e. The predicted octanol–water partition coefficient (Wildman–Crippen LogP) is 4.32. The summed E-state index contributed by atoms with van der Waals surface area (Å²) in [4.78, 5) is 0. The molecular weight excluding hydrogens is 560 g/mol. The fourth-order valence-electron chi connectivity index (χ4n) is 11.9. The van der Waals surface area contributed by atoms with Crippen molar-refractivity contribution in [2.45, 2.75) is 162 Å². The molecule has 6 N–H and O–H groups in total. The van der Waals surface area contributed by atoms with Gasteiger partial charge in [-0.25, -0.2) is 0 Å². The number of hydrogen-bond acceptors (Lipinski definition) is 8. The first-order valence-corrected chi connectivity index (χ1v) is 17.3. The zero-order chi connectivity index (χ0) is 32.6. The number of aliphatic hydroxyl groups is 6. The third-order valence-electron chi connectivity index (χ3n) is 14.5. The first kappa shape index (κ1) is 34.7. The van der Waals surface area contributed by atoms with Gasteiger partial charge in [-0.3, -0.25) is 0 Å². The van der Waals surface area contributed by atoms with E-state index in [-0.39, 0.29) is 39.6 Å². The molecule has 5 fully saturated rings. The average Bonchev–Trinajstić information content (AvgIpc) is 3.32. The van der Waals surface area contributed by atoms with Crippen molar-refractivity contribution in [3.8, 4) is 0 Å². The zero-order valence-electron chi connectivity index (χ0n) is 28.5. The second kappa shape index (κ2) is 11.8. The summed E-state index contributed by atoms with van der Waals surface area (Å²) in [6.45, 7) is 17.5. The highest BCUT2D eigenvalue weighted by atomic mass is 16.7. The molecule has 1 heterocycles. The van der Waals surface area contributed by atoms with Crippen molar-refractivity contribution in [1.82, 2.24) is 0 Å². The van der Waals surface area contributed by atoms with Crippen molar-refractivity contribution in [3.05, 3.63) is 11.6 Å². The maximum atomic E-state index is 12.0. The summed E-state index contributed by atoms with van der Waals surface area (Å²) in [5.41, 5.74) is 0.122. The van der Waals surface area contributed by atoms with Crippen molar-refractivity contribution in [2.24, 2.45) is 45.3 Å². The van der Waals surface area contributed by atoms with E-state index in [1.54, 1.807) is 0 Å². The van der Waals surface area contributed by atoms with Crippen LogP contribution in [-0.4, -0.2) is 85.8 Å². The molecule has 0 bridgehead atoms. The number of allylic oxidation sites excluding steroid dienone is 2. The summed E-state index contributed by atoms with van der Waals surface area (Å²) >= 11 is 0. The number of fused-ring (bicyclic) bond motifs is 5. The third kappa shape index (κ3) is 5.26. The highest BCUT2D eigenvalue weighted by Crippen LogP contribution is 2.76. The van der Waals surface area contributed by atoms with Crippen LogP contribution in [0.25, 0.3) is 0 Å². The molecule has 1 aliphatic heterocycles. The summed E-state index contributed by atoms with van der Waals surface area (Å²) in [5.74, 6) is 0.792. The highest BCUT2D eigenvalue weighted by molar-refractivity contribution is 5.20. The van der Waals surface area contributed by atoms with Gasteiger partial charge in [0.1, 0.15) is 24.4 Å². The van der Waals surface area contributed by atoms with Crippen LogP contribution in [0.15, 0.2) is 11.6 Å². The molecule has 5 rings (SSSR count). The Morgan fingerprint density at radius 3 is 2.18 bits per heavy atom. The van der Waals surface area contributed by atoms with Crippen molar-refractivity contribution >= 4 is 0 Å². The summed E-state index contributed by atoms with van der Waals surface area (Å²) in [5, 5.41) is 64.8. The monoisotopic (exact) mass is 622 g/mol. The molecule has 1 saturated heterocycles. The van der Waals surface area contributed by atoms with Gasteiger partial charge in [0.05, 0.1) is 24.4 Å². The molecule has 0 amide bonds. The zero-order valence-corrected chi connectivity index (χ0v) is 28.5. The van der Waals surface area contributed by atoms with Gasteiger partial charge in [0.2, 0.25) is 0 Å². The van der Waals surface area contributed by atoms with E-state index in [0.717, 1.165) is 51.4 Å². The van der Waals surface area contributed by atoms with E-state index < -0.39 is 49.0 Å². The number of rotatable bonds is 7. The average molecular weight is 623 g/mol. The van der Waals surface area contributed by atoms with E-state index in [1.165, 1.54) is 5.57 Å². The molecule has 44 heavy (non-hydrogen) atoms. The van der Waals surface area contributed by atoms with E-state index in [9.17, 15) is 30.6 Å². The fraction of sp³-hybridized carbons (Fsp3) is 0.944. The van der Waals surface area contributed by atoms with Gasteiger partial charge in [0.25, 0.3) is 0 Å². The molecule has 0 unspecified atom stereocenters. The van der Waals surface area contributed by atoms with Crippen LogP contribution in [0, 0.1) is 45.3 Å². The van der Waals surface area contributed by atoms with E-state index in [2.05, 4.69) is 54.5 Å². The number of hydrogen-bond donors (Lipinski definition) is 6. The van der Waals surface area contributed by atoms with Crippen LogP contribution >= 0.6 is 0 Å². The Morgan fingerprint density at radius 2 is 1.55 bits per heavy atom. The van der Waals surface area contributed by atoms with Crippen LogP contribution in [0.4, 0.5) is 0 Å². The molecule has 0 aromatic carbocycles. The molecule has 4 saturated carbocycles. The Labute approximate surface area is 265 Å². The lowest BCUT2D eigenvalue weighted by Gasteiger charge is -2.70. The van der Waals surface area contributed by atoms with Gasteiger partial charge >= 0.3 is 0 Å². The molecule has 0 spiro atoms. The van der Waals surface area contributed by atoms with Crippen LogP contribution in [-0.2, 0) is 9.47 Å². The molecule has 15 atom stereocenters. The lowest BCUT2D eigenvalue weighted by atomic mass is 9.35. The Balaban J connectivity index is 1.37. The van der Waals surface area contributed by atoms with E-state index in [1.807, 2.05) is 6.92 Å². The lowest BCUT2D eigenvalue weighted by molar-refractivity contribution is -0.332. The standard InChI is InChI=1S/C36H62O8/c1-20(2)10-9-14-36(8,42)21-11-16-35(7)27(21)22(38)18-25-33(5)15-13-26(32(3,4)24(33)12-17-34(25,35)6)44-31-30(41)29(40)28(39)23(19-37)43-31/h10,21-31,37-42H,9,11-19H2,1-8H3/t21-,22+,23+,24+,25+,26+,27-,28+,29-,30+,31+,33-,34+,35+,36-/m0/s1. The molecule has 254 valence electrons. The van der Waals surface area contributed by atoms with Gasteiger partial charge in [0.15, 0.2) is 6.29 Å². The maximum absolute atomic E-state index is 12.0. The van der Waals surface area contributed by atoms with E-state index in [0.29, 0.717) is 18.3 Å². The van der Waals surface area contributed by atoms with Crippen molar-refractivity contribution < 1.29 is 40.1 Å². The minimum Gasteiger partial charge on any atom is -0.394 e. The van der Waals surface area contributed by atoms with Crippen molar-refractivity contribution in [3.63, 3.8) is 0 Å². The van der Waals surface area contributed by atoms with Crippen molar-refractivity contribution in [2.75, 3.05) is 6.61 Å².